The standard InChI is InChI=1S/C17H15F3N4O2S2/c1-26-12-6-3-2-5-11(12)24-15(13-7-4-8-27-13)22-23-16(24)28-9-14(25)21-10-17(18,19)20/h2-8H,9-10H2,1H3,(H,21,25). The summed E-state index contributed by atoms with van der Waals surface area (Å²) in [5, 5.41) is 12.4. The van der Waals surface area contributed by atoms with Crippen LogP contribution < -0.4 is 10.1 Å². The highest BCUT2D eigenvalue weighted by molar-refractivity contribution is 7.99. The number of nitrogens with zero attached hydrogens (tertiary/aromatic N) is 3. The van der Waals surface area contributed by atoms with E-state index in [-0.39, 0.29) is 5.75 Å². The first kappa shape index (κ1) is 20.2. The Balaban J connectivity index is 1.89. The van der Waals surface area contributed by atoms with Gasteiger partial charge in [0.15, 0.2) is 11.0 Å². The Kier molecular flexibility index (Phi) is 6.25. The van der Waals surface area contributed by atoms with Gasteiger partial charge < -0.3 is 10.1 Å². The number of nitrogens with one attached hydrogen (secondary N) is 1. The largest absolute Gasteiger partial charge is 0.495 e. The molecule has 148 valence electrons. The lowest BCUT2D eigenvalue weighted by molar-refractivity contribution is -0.136. The number of hydrogen-bond acceptors (Lipinski definition) is 6. The number of aromatic nitrogens is 3. The smallest absolute Gasteiger partial charge is 0.405 e. The minimum atomic E-state index is -4.45. The normalized spacial score (nSPS) is 11.4. The zero-order chi connectivity index (χ0) is 20.1. The van der Waals surface area contributed by atoms with Crippen LogP contribution in [-0.4, -0.2) is 46.3 Å². The van der Waals surface area contributed by atoms with Crippen LogP contribution in [0.3, 0.4) is 0 Å². The van der Waals surface area contributed by atoms with Crippen molar-refractivity contribution < 1.29 is 22.7 Å². The van der Waals surface area contributed by atoms with Crippen molar-refractivity contribution >= 4 is 29.0 Å². The Morgan fingerprint density at radius 3 is 2.71 bits per heavy atom. The Morgan fingerprint density at radius 2 is 2.04 bits per heavy atom. The molecule has 11 heteroatoms. The molecule has 3 aromatic rings. The third-order valence-electron chi connectivity index (χ3n) is 3.52. The van der Waals surface area contributed by atoms with E-state index in [0.717, 1.165) is 16.6 Å². The van der Waals surface area contributed by atoms with E-state index in [1.54, 1.807) is 10.6 Å². The minimum Gasteiger partial charge on any atom is -0.495 e. The van der Waals surface area contributed by atoms with Crippen LogP contribution in [0.1, 0.15) is 0 Å². The number of thioether (sulfide) groups is 1. The molecule has 0 aliphatic heterocycles. The van der Waals surface area contributed by atoms with E-state index in [2.05, 4.69) is 10.2 Å². The number of thiophene rings is 1. The first-order valence-electron chi connectivity index (χ1n) is 7.98. The predicted molar refractivity (Wildman–Crippen MR) is 101 cm³/mol. The lowest BCUT2D eigenvalue weighted by Gasteiger charge is -2.13. The van der Waals surface area contributed by atoms with Gasteiger partial charge in [-0.2, -0.15) is 13.2 Å². The molecule has 1 aromatic carbocycles. The van der Waals surface area contributed by atoms with Gasteiger partial charge in [-0.1, -0.05) is 30.0 Å². The fraction of sp³-hybridized carbons (Fsp3) is 0.235. The zero-order valence-corrected chi connectivity index (χ0v) is 16.2. The van der Waals surface area contributed by atoms with Gasteiger partial charge in [-0.15, -0.1) is 21.5 Å². The molecule has 3 rings (SSSR count). The zero-order valence-electron chi connectivity index (χ0n) is 14.6. The maximum atomic E-state index is 12.2. The van der Waals surface area contributed by atoms with Crippen molar-refractivity contribution in [2.24, 2.45) is 0 Å². The molecule has 0 saturated heterocycles. The van der Waals surface area contributed by atoms with Crippen molar-refractivity contribution in [2.75, 3.05) is 19.4 Å². The number of methoxy groups -OCH3 is 1. The van der Waals surface area contributed by atoms with E-state index < -0.39 is 18.6 Å². The van der Waals surface area contributed by atoms with Crippen molar-refractivity contribution in [1.82, 2.24) is 20.1 Å². The van der Waals surface area contributed by atoms with Gasteiger partial charge in [-0.05, 0) is 23.6 Å². The summed E-state index contributed by atoms with van der Waals surface area (Å²) in [7, 11) is 1.53. The van der Waals surface area contributed by atoms with E-state index in [0.29, 0.717) is 22.4 Å². The molecule has 0 aliphatic rings. The monoisotopic (exact) mass is 428 g/mol. The molecule has 0 radical (unpaired) electrons. The summed E-state index contributed by atoms with van der Waals surface area (Å²) in [5.41, 5.74) is 0.664. The molecule has 0 saturated carbocycles. The molecule has 6 nitrogen and oxygen atoms in total. The number of carbonyl (C=O) groups excluding carboxylic acids is 1. The first-order chi connectivity index (χ1) is 13.4. The molecule has 0 atom stereocenters. The SMILES string of the molecule is COc1ccccc1-n1c(SCC(=O)NCC(F)(F)F)nnc1-c1cccs1. The van der Waals surface area contributed by atoms with E-state index in [1.807, 2.05) is 41.0 Å². The summed E-state index contributed by atoms with van der Waals surface area (Å²) in [6.07, 6.45) is -4.45. The number of hydrogen-bond donors (Lipinski definition) is 1. The van der Waals surface area contributed by atoms with Crippen molar-refractivity contribution in [1.29, 1.82) is 0 Å². The topological polar surface area (TPSA) is 69.0 Å². The average molecular weight is 428 g/mol. The lowest BCUT2D eigenvalue weighted by atomic mass is 10.3. The number of alkyl halides is 3. The Hall–Kier alpha value is -2.53. The Labute approximate surface area is 166 Å². The van der Waals surface area contributed by atoms with Gasteiger partial charge in [0.2, 0.25) is 5.91 Å². The molecule has 2 aromatic heterocycles. The van der Waals surface area contributed by atoms with Crippen LogP contribution in [0.5, 0.6) is 5.75 Å². The molecular weight excluding hydrogens is 413 g/mol. The minimum absolute atomic E-state index is 0.228. The number of halogens is 3. The summed E-state index contributed by atoms with van der Waals surface area (Å²) in [6, 6.07) is 11.0. The fourth-order valence-corrected chi connectivity index (χ4v) is 3.81. The lowest BCUT2D eigenvalue weighted by Crippen LogP contribution is -2.34. The Morgan fingerprint density at radius 1 is 1.25 bits per heavy atom. The summed E-state index contributed by atoms with van der Waals surface area (Å²) in [4.78, 5) is 12.6. The number of amides is 1. The molecule has 0 unspecified atom stereocenters. The fourth-order valence-electron chi connectivity index (χ4n) is 2.34. The maximum absolute atomic E-state index is 12.2. The van der Waals surface area contributed by atoms with Crippen molar-refractivity contribution in [2.45, 2.75) is 11.3 Å². The van der Waals surface area contributed by atoms with Crippen LogP contribution in [0.4, 0.5) is 13.2 Å². The third-order valence-corrected chi connectivity index (χ3v) is 5.31. The van der Waals surface area contributed by atoms with Gasteiger partial charge in [0.05, 0.1) is 23.4 Å². The molecule has 0 bridgehead atoms. The Bertz CT molecular complexity index is 942. The highest BCUT2D eigenvalue weighted by Gasteiger charge is 2.28. The van der Waals surface area contributed by atoms with Gasteiger partial charge in [-0.3, -0.25) is 9.36 Å². The van der Waals surface area contributed by atoms with Crippen molar-refractivity contribution in [3.05, 3.63) is 41.8 Å². The molecular formula is C17H15F3N4O2S2. The summed E-state index contributed by atoms with van der Waals surface area (Å²) < 4.78 is 43.9. The third kappa shape index (κ3) is 4.84. The first-order valence-corrected chi connectivity index (χ1v) is 9.84. The molecule has 0 spiro atoms. The van der Waals surface area contributed by atoms with Gasteiger partial charge in [0, 0.05) is 0 Å². The molecule has 0 fully saturated rings. The van der Waals surface area contributed by atoms with Gasteiger partial charge in [-0.25, -0.2) is 0 Å². The molecule has 28 heavy (non-hydrogen) atoms. The maximum Gasteiger partial charge on any atom is 0.405 e. The number of carbonyl (C=O) groups is 1. The summed E-state index contributed by atoms with van der Waals surface area (Å²) in [6.45, 7) is -1.37. The number of rotatable bonds is 7. The highest BCUT2D eigenvalue weighted by atomic mass is 32.2. The van der Waals surface area contributed by atoms with Crippen LogP contribution in [0, 0.1) is 0 Å². The van der Waals surface area contributed by atoms with Crippen molar-refractivity contribution in [3.8, 4) is 22.1 Å². The van der Waals surface area contributed by atoms with E-state index >= 15 is 0 Å². The molecule has 1 amide bonds. The van der Waals surface area contributed by atoms with Crippen LogP contribution in [0.2, 0.25) is 0 Å². The van der Waals surface area contributed by atoms with Gasteiger partial charge >= 0.3 is 6.18 Å². The summed E-state index contributed by atoms with van der Waals surface area (Å²) >= 11 is 2.47. The second kappa shape index (κ2) is 8.65. The highest BCUT2D eigenvalue weighted by Crippen LogP contribution is 2.33. The quantitative estimate of drug-likeness (QED) is 0.580. The van der Waals surface area contributed by atoms with Crippen molar-refractivity contribution in [3.63, 3.8) is 0 Å². The number of ether oxygens (including phenoxy) is 1. The predicted octanol–water partition coefficient (Wildman–Crippen LogP) is 3.78. The van der Waals surface area contributed by atoms with Gasteiger partial charge in [0.1, 0.15) is 12.3 Å². The average Bonchev–Trinajstić information content (AvgIpc) is 3.33. The van der Waals surface area contributed by atoms with Crippen LogP contribution >= 0.6 is 23.1 Å². The molecule has 1 N–H and O–H groups in total. The molecule has 0 aliphatic carbocycles. The van der Waals surface area contributed by atoms with Crippen LogP contribution in [-0.2, 0) is 4.79 Å². The summed E-state index contributed by atoms with van der Waals surface area (Å²) in [5.74, 6) is 0.157. The van der Waals surface area contributed by atoms with E-state index in [9.17, 15) is 18.0 Å². The van der Waals surface area contributed by atoms with Gasteiger partial charge in [0.25, 0.3) is 0 Å². The number of para-hydroxylation sites is 2. The second-order valence-corrected chi connectivity index (χ2v) is 7.36. The second-order valence-electron chi connectivity index (χ2n) is 5.47. The van der Waals surface area contributed by atoms with E-state index in [1.165, 1.54) is 18.4 Å². The molecule has 2 heterocycles. The van der Waals surface area contributed by atoms with E-state index in [4.69, 9.17) is 4.74 Å². The van der Waals surface area contributed by atoms with Crippen LogP contribution in [0.25, 0.3) is 16.4 Å². The number of benzene rings is 1. The van der Waals surface area contributed by atoms with Crippen LogP contribution in [0.15, 0.2) is 46.9 Å².